The number of aromatic amines is 2. The average molecular weight is 1060 g/mol. The topological polar surface area (TPSA) is 385 Å². The van der Waals surface area contributed by atoms with Gasteiger partial charge in [0, 0.05) is 73.3 Å². The van der Waals surface area contributed by atoms with Gasteiger partial charge in [-0.1, -0.05) is 61.7 Å². The number of unbranched alkanes of at least 4 members (excludes halogenated alkanes) is 1. The van der Waals surface area contributed by atoms with Crippen molar-refractivity contribution in [3.05, 3.63) is 89.1 Å². The zero-order valence-electron chi connectivity index (χ0n) is 42.0. The first-order valence-corrected chi connectivity index (χ1v) is 25.3. The average Bonchev–Trinajstić information content (AvgIpc) is 4.04. The number of aromatic nitrogens is 3. The van der Waals surface area contributed by atoms with Crippen LogP contribution in [0.2, 0.25) is 5.02 Å². The van der Waals surface area contributed by atoms with Crippen molar-refractivity contribution >= 4 is 81.6 Å². The molecule has 0 radical (unpaired) electrons. The molecule has 0 aliphatic carbocycles. The first kappa shape index (κ1) is 57.9. The minimum absolute atomic E-state index is 0.0330. The maximum Gasteiger partial charge on any atom is 0.243 e. The molecule has 1 aliphatic heterocycles. The van der Waals surface area contributed by atoms with Crippen molar-refractivity contribution in [1.29, 1.82) is 0 Å². The van der Waals surface area contributed by atoms with Gasteiger partial charge in [-0.05, 0) is 67.9 Å². The Balaban J connectivity index is 1.56. The molecule has 4 aromatic rings. The van der Waals surface area contributed by atoms with E-state index >= 15 is 0 Å². The van der Waals surface area contributed by atoms with Gasteiger partial charge >= 0.3 is 0 Å². The lowest BCUT2D eigenvalue weighted by atomic mass is 10.0. The number of fused-ring (bicyclic) bond motifs is 1. The van der Waals surface area contributed by atoms with E-state index in [1.807, 2.05) is 31.2 Å². The quantitative estimate of drug-likeness (QED) is 0.0359. The van der Waals surface area contributed by atoms with Gasteiger partial charge in [0.1, 0.15) is 42.3 Å². The van der Waals surface area contributed by atoms with Crippen LogP contribution in [-0.2, 0) is 62.4 Å². The lowest BCUT2D eigenvalue weighted by Gasteiger charge is -2.28. The fourth-order valence-corrected chi connectivity index (χ4v) is 8.53. The number of nitrogens with one attached hydrogen (secondary N) is 10. The summed E-state index contributed by atoms with van der Waals surface area (Å²) in [6.07, 6.45) is 5.52. The van der Waals surface area contributed by atoms with Crippen molar-refractivity contribution in [3.63, 3.8) is 0 Å². The molecule has 3 heterocycles. The minimum atomic E-state index is -1.59. The third-order valence-electron chi connectivity index (χ3n) is 12.4. The van der Waals surface area contributed by atoms with Crippen molar-refractivity contribution < 1.29 is 43.2 Å². The normalized spacial score (nSPS) is 21.2. The number of primary amides is 1. The van der Waals surface area contributed by atoms with Crippen LogP contribution < -0.4 is 59.7 Å². The number of nitrogens with two attached hydrogens (primary N) is 3. The van der Waals surface area contributed by atoms with Crippen LogP contribution in [0, 0.1) is 0 Å². The van der Waals surface area contributed by atoms with Gasteiger partial charge in [-0.3, -0.25) is 48.1 Å². The number of hydrogen-bond donors (Lipinski definition) is 13. The Morgan fingerprint density at radius 1 is 0.787 bits per heavy atom. The number of halogens is 1. The Bertz CT molecular complexity index is 2640. The highest BCUT2D eigenvalue weighted by Gasteiger charge is 2.35. The maximum atomic E-state index is 14.7. The van der Waals surface area contributed by atoms with E-state index in [2.05, 4.69) is 62.5 Å². The highest BCUT2D eigenvalue weighted by atomic mass is 35.5. The van der Waals surface area contributed by atoms with Crippen LogP contribution in [0.3, 0.4) is 0 Å². The second-order valence-corrected chi connectivity index (χ2v) is 18.8. The molecule has 2 aromatic heterocycles. The van der Waals surface area contributed by atoms with E-state index in [4.69, 9.17) is 28.8 Å². The molecule has 0 bridgehead atoms. The molecule has 0 spiro atoms. The van der Waals surface area contributed by atoms with Crippen LogP contribution in [0.4, 0.5) is 0 Å². The lowest BCUT2D eigenvalue weighted by molar-refractivity contribution is -0.136. The second-order valence-electron chi connectivity index (χ2n) is 18.3. The van der Waals surface area contributed by atoms with Crippen LogP contribution in [0.1, 0.15) is 88.5 Å². The monoisotopic (exact) mass is 1060 g/mol. The molecule has 9 amide bonds. The van der Waals surface area contributed by atoms with Crippen LogP contribution >= 0.6 is 11.6 Å². The molecule has 0 saturated carbocycles. The van der Waals surface area contributed by atoms with Crippen molar-refractivity contribution in [3.8, 4) is 0 Å². The van der Waals surface area contributed by atoms with E-state index in [-0.39, 0.29) is 76.8 Å². The number of aliphatic imine (C=N–C) groups is 1. The van der Waals surface area contributed by atoms with E-state index in [0.717, 1.165) is 10.9 Å². The first-order chi connectivity index (χ1) is 35.9. The molecule has 2 aromatic carbocycles. The van der Waals surface area contributed by atoms with Crippen LogP contribution in [0.15, 0.2) is 72.2 Å². The summed E-state index contributed by atoms with van der Waals surface area (Å²) in [6, 6.07) is 4.25. The van der Waals surface area contributed by atoms with Gasteiger partial charge in [0.25, 0.3) is 0 Å². The zero-order valence-corrected chi connectivity index (χ0v) is 42.7. The van der Waals surface area contributed by atoms with Gasteiger partial charge in [-0.15, -0.1) is 0 Å². The van der Waals surface area contributed by atoms with Crippen LogP contribution in [0.25, 0.3) is 10.9 Å². The number of hydrogen-bond acceptors (Lipinski definition) is 11. The summed E-state index contributed by atoms with van der Waals surface area (Å²) in [4.78, 5) is 139. The number of nitrogens with zero attached hydrogens (tertiary/aromatic N) is 2. The third-order valence-corrected chi connectivity index (χ3v) is 12.6. The van der Waals surface area contributed by atoms with Crippen molar-refractivity contribution in [2.24, 2.45) is 22.2 Å². The molecule has 75 heavy (non-hydrogen) atoms. The number of amides is 9. The van der Waals surface area contributed by atoms with Crippen molar-refractivity contribution in [1.82, 2.24) is 57.5 Å². The molecule has 0 unspecified atom stereocenters. The summed E-state index contributed by atoms with van der Waals surface area (Å²) < 4.78 is 0. The van der Waals surface area contributed by atoms with Gasteiger partial charge in [-0.25, -0.2) is 4.98 Å². The summed E-state index contributed by atoms with van der Waals surface area (Å²) in [5, 5.41) is 22.7. The molecular formula is C50H68ClN15O9. The molecule has 24 nitrogen and oxygen atoms in total. The van der Waals surface area contributed by atoms with Crippen LogP contribution in [0.5, 0.6) is 0 Å². The Morgan fingerprint density at radius 2 is 1.44 bits per heavy atom. The molecule has 1 aliphatic rings. The summed E-state index contributed by atoms with van der Waals surface area (Å²) in [5.74, 6) is -7.24. The molecule has 5 rings (SSSR count). The van der Waals surface area contributed by atoms with E-state index in [1.54, 1.807) is 30.5 Å². The number of imidazole rings is 1. The summed E-state index contributed by atoms with van der Waals surface area (Å²) in [5.41, 5.74) is 19.3. The molecule has 1 saturated heterocycles. The number of H-pyrrole nitrogens is 2. The Kier molecular flexibility index (Phi) is 22.4. The number of carbonyl (C=O) groups is 9. The molecule has 16 N–H and O–H groups in total. The van der Waals surface area contributed by atoms with Gasteiger partial charge in [-0.2, -0.15) is 0 Å². The SMILES string of the molecule is CCCC[C@H](NC(C)=O)C(=O)N[C@H]1CC(=O)NCCCC[C@H](C(N)=O)NC(=O)[C@@H](Cc2c[nH]c3ccccc23)NC(=O)[C@H](CCCN=C(N)N)NC(=O)[C@@H](Cc2ccc(Cl)cc2)NC(=O)[C@H](Cc2cnc[nH]2)NC1=O. The van der Waals surface area contributed by atoms with Gasteiger partial charge in [0.05, 0.1) is 12.7 Å². The van der Waals surface area contributed by atoms with Gasteiger partial charge in [0.15, 0.2) is 5.96 Å². The largest absolute Gasteiger partial charge is 0.370 e. The Morgan fingerprint density at radius 3 is 2.11 bits per heavy atom. The smallest absolute Gasteiger partial charge is 0.243 e. The van der Waals surface area contributed by atoms with Crippen molar-refractivity contribution in [2.45, 2.75) is 133 Å². The molecular weight excluding hydrogens is 990 g/mol. The molecule has 404 valence electrons. The predicted molar refractivity (Wildman–Crippen MR) is 279 cm³/mol. The minimum Gasteiger partial charge on any atom is -0.370 e. The van der Waals surface area contributed by atoms with Crippen molar-refractivity contribution in [2.75, 3.05) is 13.1 Å². The number of benzene rings is 2. The number of rotatable bonds is 17. The number of para-hydroxylation sites is 1. The molecule has 7 atom stereocenters. The van der Waals surface area contributed by atoms with Gasteiger partial charge < -0.3 is 69.7 Å². The fraction of sp³-hybridized carbons (Fsp3) is 0.460. The second kappa shape index (κ2) is 29.0. The third kappa shape index (κ3) is 18.8. The standard InChI is InChI=1S/C50H68ClN15O9/c1-3-4-11-36(60-28(2)67)44(70)66-41-24-42(68)56-19-8-7-13-35(43(52)69)61-47(73)39(22-30-25-58-34-12-6-5-10-33(30)34)64-45(71)37(14-9-20-57-50(53)54)62-46(72)38(21-29-15-17-31(51)18-16-29)63-48(74)40(65-49(41)75)23-32-26-55-27-59-32/h5-6,10,12,15-18,25-27,35-41,58H,3-4,7-9,11,13-14,19-24H2,1-2H3,(H2,52,69)(H,55,59)(H,56,68)(H,60,67)(H,61,73)(H,62,72)(H,63,74)(H,64,71)(H,65,75)(H,66,70)(H4,53,54,57)/t35-,36+,37+,38-,39-,40+,41+/m1/s1. The zero-order chi connectivity index (χ0) is 54.4. The maximum absolute atomic E-state index is 14.7. The predicted octanol–water partition coefficient (Wildman–Crippen LogP) is -0.595. The molecule has 1 fully saturated rings. The van der Waals surface area contributed by atoms with Crippen LogP contribution in [-0.4, -0.2) is 129 Å². The van der Waals surface area contributed by atoms with E-state index < -0.39 is 102 Å². The van der Waals surface area contributed by atoms with E-state index in [1.165, 1.54) is 19.4 Å². The number of guanidine groups is 1. The Labute approximate surface area is 438 Å². The highest BCUT2D eigenvalue weighted by molar-refractivity contribution is 6.30. The Hall–Kier alpha value is -8.02. The highest BCUT2D eigenvalue weighted by Crippen LogP contribution is 2.20. The van der Waals surface area contributed by atoms with Gasteiger partial charge in [0.2, 0.25) is 53.2 Å². The van der Waals surface area contributed by atoms with E-state index in [0.29, 0.717) is 34.7 Å². The fourth-order valence-electron chi connectivity index (χ4n) is 8.40. The lowest BCUT2D eigenvalue weighted by Crippen LogP contribution is -2.61. The molecule has 25 heteroatoms. The first-order valence-electron chi connectivity index (χ1n) is 24.9. The summed E-state index contributed by atoms with van der Waals surface area (Å²) >= 11 is 6.21. The summed E-state index contributed by atoms with van der Waals surface area (Å²) in [7, 11) is 0. The number of carbonyl (C=O) groups excluding carboxylic acids is 9. The van der Waals surface area contributed by atoms with E-state index in [9.17, 15) is 43.2 Å². The summed E-state index contributed by atoms with van der Waals surface area (Å²) in [6.45, 7) is 3.23.